The Morgan fingerprint density at radius 2 is 1.37 bits per heavy atom. The van der Waals surface area contributed by atoms with Crippen molar-refractivity contribution in [2.45, 2.75) is 70.0 Å². The van der Waals surface area contributed by atoms with Crippen molar-refractivity contribution >= 4 is 28.5 Å². The van der Waals surface area contributed by atoms with Crippen LogP contribution < -0.4 is 5.46 Å². The lowest BCUT2D eigenvalue weighted by atomic mass is 9.69. The number of hydrogen-bond donors (Lipinski definition) is 1. The zero-order chi connectivity index (χ0) is 27.4. The van der Waals surface area contributed by atoms with Crippen molar-refractivity contribution in [1.82, 2.24) is 0 Å². The fourth-order valence-corrected chi connectivity index (χ4v) is 6.00. The predicted molar refractivity (Wildman–Crippen MR) is 155 cm³/mol. The maximum absolute atomic E-state index is 9.15. The Hall–Kier alpha value is -1.26. The van der Waals surface area contributed by atoms with Crippen molar-refractivity contribution in [1.29, 1.82) is 0 Å². The first-order valence-electron chi connectivity index (χ1n) is 13.7. The van der Waals surface area contributed by atoms with Crippen LogP contribution in [0.3, 0.4) is 0 Å². The summed E-state index contributed by atoms with van der Waals surface area (Å²) in [6, 6.07) is 13.3. The number of fused-ring (bicyclic) bond motifs is 3. The number of benzene rings is 2. The summed E-state index contributed by atoms with van der Waals surface area (Å²) in [5.41, 5.74) is 5.26. The fourth-order valence-electron chi connectivity index (χ4n) is 5.64. The standard InChI is InChI=1S/C30H42BBrO6/c1-28(2)29(3,4)38-31(37-28)22-8-10-24-25-11-9-23(32)21-27(25)30(26(24)20-22,12-6-15-35-17-14-33)13-7-16-36-19-18-34-5/h8-11,20-21,33H,6-7,12-19H2,1-5H3. The molecule has 0 aromatic heterocycles. The molecule has 2 aliphatic rings. The summed E-state index contributed by atoms with van der Waals surface area (Å²) in [6.45, 7) is 11.3. The van der Waals surface area contributed by atoms with Gasteiger partial charge in [-0.25, -0.2) is 0 Å². The quantitative estimate of drug-likeness (QED) is 0.240. The van der Waals surface area contributed by atoms with E-state index in [4.69, 9.17) is 28.6 Å². The van der Waals surface area contributed by atoms with E-state index >= 15 is 0 Å². The average Bonchev–Trinajstić information content (AvgIpc) is 3.26. The third-order valence-electron chi connectivity index (χ3n) is 8.32. The second kappa shape index (κ2) is 12.5. The highest BCUT2D eigenvalue weighted by Gasteiger charge is 2.52. The molecule has 0 spiro atoms. The van der Waals surface area contributed by atoms with Crippen molar-refractivity contribution in [3.8, 4) is 11.1 Å². The number of halogens is 1. The molecule has 0 saturated carbocycles. The Kier molecular flexibility index (Phi) is 9.78. The Balaban J connectivity index is 1.70. The van der Waals surface area contributed by atoms with Gasteiger partial charge in [0.2, 0.25) is 0 Å². The lowest BCUT2D eigenvalue weighted by molar-refractivity contribution is 0.00578. The first kappa shape index (κ1) is 29.7. The summed E-state index contributed by atoms with van der Waals surface area (Å²) in [4.78, 5) is 0. The summed E-state index contributed by atoms with van der Waals surface area (Å²) in [5.74, 6) is 0. The van der Waals surface area contributed by atoms with Crippen molar-refractivity contribution < 1.29 is 28.6 Å². The van der Waals surface area contributed by atoms with E-state index in [1.807, 2.05) is 0 Å². The van der Waals surface area contributed by atoms with E-state index in [9.17, 15) is 0 Å². The third kappa shape index (κ3) is 6.07. The smallest absolute Gasteiger partial charge is 0.399 e. The molecule has 0 amide bonds. The van der Waals surface area contributed by atoms with Crippen LogP contribution in [0, 0.1) is 0 Å². The first-order valence-corrected chi connectivity index (χ1v) is 14.5. The van der Waals surface area contributed by atoms with Crippen LogP contribution in [0.15, 0.2) is 40.9 Å². The Labute approximate surface area is 236 Å². The highest BCUT2D eigenvalue weighted by Crippen LogP contribution is 2.54. The van der Waals surface area contributed by atoms with Crippen LogP contribution in [-0.4, -0.2) is 70.2 Å². The summed E-state index contributed by atoms with van der Waals surface area (Å²) in [6.07, 6.45) is 3.69. The zero-order valence-corrected chi connectivity index (χ0v) is 25.1. The number of aliphatic hydroxyl groups is 1. The summed E-state index contributed by atoms with van der Waals surface area (Å²) in [5, 5.41) is 9.15. The lowest BCUT2D eigenvalue weighted by Gasteiger charge is -2.33. The van der Waals surface area contributed by atoms with Crippen LogP contribution in [0.1, 0.15) is 64.5 Å². The van der Waals surface area contributed by atoms with Gasteiger partial charge in [-0.2, -0.15) is 0 Å². The molecule has 1 saturated heterocycles. The van der Waals surface area contributed by atoms with Gasteiger partial charge in [-0.05, 0) is 93.2 Å². The molecule has 1 atom stereocenters. The van der Waals surface area contributed by atoms with E-state index in [0.29, 0.717) is 33.0 Å². The maximum atomic E-state index is 9.15. The number of aliphatic hydroxyl groups excluding tert-OH is 1. The topological polar surface area (TPSA) is 66.4 Å². The van der Waals surface area contributed by atoms with Crippen LogP contribution in [-0.2, 0) is 28.9 Å². The number of methoxy groups -OCH3 is 1. The third-order valence-corrected chi connectivity index (χ3v) is 8.82. The average molecular weight is 589 g/mol. The number of hydrogen-bond acceptors (Lipinski definition) is 6. The van der Waals surface area contributed by atoms with Gasteiger partial charge in [0.25, 0.3) is 0 Å². The van der Waals surface area contributed by atoms with E-state index in [2.05, 4.69) is 80.0 Å². The van der Waals surface area contributed by atoms with E-state index in [1.54, 1.807) is 7.11 Å². The zero-order valence-electron chi connectivity index (χ0n) is 23.5. The minimum Gasteiger partial charge on any atom is -0.399 e. The molecule has 1 unspecified atom stereocenters. The van der Waals surface area contributed by atoms with Crippen LogP contribution in [0.5, 0.6) is 0 Å². The summed E-state index contributed by atoms with van der Waals surface area (Å²) < 4.78 is 30.6. The van der Waals surface area contributed by atoms with Crippen molar-refractivity contribution in [2.75, 3.05) is 46.8 Å². The van der Waals surface area contributed by atoms with Crippen molar-refractivity contribution in [2.24, 2.45) is 0 Å². The largest absolute Gasteiger partial charge is 0.494 e. The van der Waals surface area contributed by atoms with Gasteiger partial charge in [0.05, 0.1) is 37.6 Å². The lowest BCUT2D eigenvalue weighted by Crippen LogP contribution is -2.41. The molecule has 8 heteroatoms. The minimum atomic E-state index is -0.413. The van der Waals surface area contributed by atoms with Gasteiger partial charge in [-0.3, -0.25) is 0 Å². The van der Waals surface area contributed by atoms with Crippen LogP contribution in [0.4, 0.5) is 0 Å². The molecule has 1 N–H and O–H groups in total. The molecule has 4 rings (SSSR count). The van der Waals surface area contributed by atoms with E-state index in [0.717, 1.165) is 35.6 Å². The second-order valence-corrected chi connectivity index (χ2v) is 12.2. The van der Waals surface area contributed by atoms with Crippen LogP contribution in [0.25, 0.3) is 11.1 Å². The molecule has 1 fully saturated rings. The first-order chi connectivity index (χ1) is 18.1. The normalized spacial score (nSPS) is 21.1. The molecule has 1 heterocycles. The molecular weight excluding hydrogens is 547 g/mol. The van der Waals surface area contributed by atoms with Gasteiger partial charge >= 0.3 is 7.12 Å². The van der Waals surface area contributed by atoms with Gasteiger partial charge in [0, 0.05) is 30.2 Å². The molecule has 0 radical (unpaired) electrons. The predicted octanol–water partition coefficient (Wildman–Crippen LogP) is 5.25. The Morgan fingerprint density at radius 3 is 1.97 bits per heavy atom. The number of rotatable bonds is 14. The van der Waals surface area contributed by atoms with Crippen LogP contribution in [0.2, 0.25) is 0 Å². The van der Waals surface area contributed by atoms with Gasteiger partial charge < -0.3 is 28.6 Å². The van der Waals surface area contributed by atoms with Crippen molar-refractivity contribution in [3.63, 3.8) is 0 Å². The molecule has 208 valence electrons. The molecule has 2 aromatic rings. The molecule has 2 aromatic carbocycles. The Morgan fingerprint density at radius 1 is 0.789 bits per heavy atom. The highest BCUT2D eigenvalue weighted by molar-refractivity contribution is 9.10. The maximum Gasteiger partial charge on any atom is 0.494 e. The monoisotopic (exact) mass is 588 g/mol. The second-order valence-electron chi connectivity index (χ2n) is 11.3. The summed E-state index contributed by atoms with van der Waals surface area (Å²) >= 11 is 3.74. The SMILES string of the molecule is COCCOCCCC1(CCCOCCO)c2cc(Br)ccc2-c2ccc(B3OC(C)(C)C(C)(C)O3)cc21. The van der Waals surface area contributed by atoms with E-state index < -0.39 is 18.3 Å². The van der Waals surface area contributed by atoms with Gasteiger partial charge in [0.15, 0.2) is 0 Å². The molecule has 38 heavy (non-hydrogen) atoms. The van der Waals surface area contributed by atoms with Crippen LogP contribution >= 0.6 is 15.9 Å². The minimum absolute atomic E-state index is 0.0417. The van der Waals surface area contributed by atoms with E-state index in [-0.39, 0.29) is 12.0 Å². The fraction of sp³-hybridized carbons (Fsp3) is 0.600. The molecular formula is C30H42BBrO6. The highest BCUT2D eigenvalue weighted by atomic mass is 79.9. The molecule has 0 bridgehead atoms. The molecule has 1 aliphatic heterocycles. The summed E-state index contributed by atoms with van der Waals surface area (Å²) in [7, 11) is 1.28. The number of ether oxygens (including phenoxy) is 3. The van der Waals surface area contributed by atoms with Gasteiger partial charge in [-0.15, -0.1) is 0 Å². The van der Waals surface area contributed by atoms with Crippen molar-refractivity contribution in [3.05, 3.63) is 52.0 Å². The van der Waals surface area contributed by atoms with Gasteiger partial charge in [-0.1, -0.05) is 40.2 Å². The Bertz CT molecular complexity index is 1070. The van der Waals surface area contributed by atoms with E-state index in [1.165, 1.54) is 22.3 Å². The molecule has 6 nitrogen and oxygen atoms in total. The molecule has 1 aliphatic carbocycles. The van der Waals surface area contributed by atoms with Gasteiger partial charge in [0.1, 0.15) is 0 Å².